The molecule has 0 fully saturated rings. The molecule has 1 atom stereocenters. The molecule has 0 bridgehead atoms. The smallest absolute Gasteiger partial charge is 0.332 e. The van der Waals surface area contributed by atoms with Crippen molar-refractivity contribution in [3.63, 3.8) is 0 Å². The Hall–Kier alpha value is -4.69. The van der Waals surface area contributed by atoms with Crippen LogP contribution >= 0.6 is 11.3 Å². The molecule has 1 aliphatic rings. The number of nitriles is 1. The van der Waals surface area contributed by atoms with Crippen molar-refractivity contribution in [2.75, 3.05) is 19.5 Å². The van der Waals surface area contributed by atoms with E-state index >= 15 is 0 Å². The van der Waals surface area contributed by atoms with Crippen LogP contribution in [-0.2, 0) is 14.3 Å². The van der Waals surface area contributed by atoms with Gasteiger partial charge in [-0.05, 0) is 18.2 Å². The largest absolute Gasteiger partial charge is 0.497 e. The molecule has 1 aromatic heterocycles. The Labute approximate surface area is 207 Å². The van der Waals surface area contributed by atoms with Gasteiger partial charge in [0.25, 0.3) is 11.5 Å². The predicted molar refractivity (Wildman–Crippen MR) is 131 cm³/mol. The molecule has 3 N–H and O–H groups in total. The van der Waals surface area contributed by atoms with Gasteiger partial charge in [-0.2, -0.15) is 5.26 Å². The fraction of sp³-hybridized carbons (Fsp3) is 0.120. The van der Waals surface area contributed by atoms with E-state index in [1.807, 2.05) is 6.07 Å². The highest BCUT2D eigenvalue weighted by atomic mass is 32.1. The van der Waals surface area contributed by atoms with Gasteiger partial charge >= 0.3 is 5.97 Å². The van der Waals surface area contributed by atoms with Crippen LogP contribution in [0.3, 0.4) is 0 Å². The number of benzene rings is 2. The predicted octanol–water partition coefficient (Wildman–Crippen LogP) is 1.25. The van der Waals surface area contributed by atoms with Crippen LogP contribution < -0.4 is 30.5 Å². The Kier molecular flexibility index (Phi) is 6.71. The summed E-state index contributed by atoms with van der Waals surface area (Å²) in [5, 5.41) is 12.7. The van der Waals surface area contributed by atoms with Crippen molar-refractivity contribution >= 4 is 46.4 Å². The molecule has 11 heteroatoms. The molecule has 3 aromatic rings. The number of rotatable bonds is 5. The number of carbonyl (C=O) groups excluding carboxylic acids is 2. The molecule has 0 spiro atoms. The van der Waals surface area contributed by atoms with Crippen molar-refractivity contribution in [3.8, 4) is 11.8 Å². The maximum Gasteiger partial charge on any atom is 0.332 e. The van der Waals surface area contributed by atoms with E-state index in [0.717, 1.165) is 29.1 Å². The van der Waals surface area contributed by atoms with E-state index in [-0.39, 0.29) is 31.7 Å². The monoisotopic (exact) mass is 506 g/mol. The highest BCUT2D eigenvalue weighted by molar-refractivity contribution is 7.07. The highest BCUT2D eigenvalue weighted by Crippen LogP contribution is 2.37. The second-order valence-corrected chi connectivity index (χ2v) is 8.58. The zero-order chi connectivity index (χ0) is 26.0. The van der Waals surface area contributed by atoms with E-state index < -0.39 is 29.2 Å². The lowest BCUT2D eigenvalue weighted by molar-refractivity contribution is -0.133. The van der Waals surface area contributed by atoms with E-state index in [1.165, 1.54) is 25.3 Å². The third-order valence-corrected chi connectivity index (χ3v) is 6.62. The minimum absolute atomic E-state index is 0.0263. The van der Waals surface area contributed by atoms with Gasteiger partial charge in [0.05, 0.1) is 37.4 Å². The molecule has 0 radical (unpaired) electrons. The van der Waals surface area contributed by atoms with Gasteiger partial charge in [-0.25, -0.2) is 9.18 Å². The first-order chi connectivity index (χ1) is 17.3. The summed E-state index contributed by atoms with van der Waals surface area (Å²) in [5.41, 5.74) is 5.63. The Morgan fingerprint density at radius 3 is 2.64 bits per heavy atom. The van der Waals surface area contributed by atoms with Gasteiger partial charge in [-0.3, -0.25) is 14.2 Å². The van der Waals surface area contributed by atoms with Crippen LogP contribution in [0, 0.1) is 17.1 Å². The molecule has 0 saturated heterocycles. The second-order valence-electron chi connectivity index (χ2n) is 7.54. The maximum absolute atomic E-state index is 15.0. The van der Waals surface area contributed by atoms with Crippen molar-refractivity contribution in [3.05, 3.63) is 85.0 Å². The molecule has 1 aliphatic heterocycles. The van der Waals surface area contributed by atoms with Gasteiger partial charge in [0.15, 0.2) is 0 Å². The highest BCUT2D eigenvalue weighted by Gasteiger charge is 2.37. The Morgan fingerprint density at radius 1 is 1.22 bits per heavy atom. The molecule has 4 rings (SSSR count). The SMILES string of the molecule is COC(=O)C=c1sc2n(c1=O)C(N)=C(C#N)C(c1ccccc1F)C=2C(=O)Nc1cccc(OC)c1. The summed E-state index contributed by atoms with van der Waals surface area (Å²) in [6, 6.07) is 14.2. The van der Waals surface area contributed by atoms with Crippen LogP contribution in [-0.4, -0.2) is 30.7 Å². The lowest BCUT2D eigenvalue weighted by Gasteiger charge is -2.25. The topological polar surface area (TPSA) is 136 Å². The number of esters is 1. The Balaban J connectivity index is 2.05. The number of hydrogen-bond donors (Lipinski definition) is 2. The zero-order valence-electron chi connectivity index (χ0n) is 19.1. The van der Waals surface area contributed by atoms with Crippen LogP contribution in [0.1, 0.15) is 11.5 Å². The number of carbonyl (C=O) groups is 2. The lowest BCUT2D eigenvalue weighted by atomic mass is 9.83. The number of aromatic nitrogens is 1. The zero-order valence-corrected chi connectivity index (χ0v) is 19.9. The molecule has 2 heterocycles. The number of hydrogen-bond acceptors (Lipinski definition) is 8. The quantitative estimate of drug-likeness (QED) is 0.497. The standard InChI is InChI=1S/C25H19FN4O5S/c1-34-14-7-5-6-13(10-14)29-23(32)21-20(15-8-3-4-9-17(15)26)16(12-27)22(28)30-24(33)18(36-25(21)30)11-19(31)35-2/h3-11,20H,28H2,1-2H3,(H,29,32). The minimum Gasteiger partial charge on any atom is -0.497 e. The van der Waals surface area contributed by atoms with Crippen LogP contribution in [0.4, 0.5) is 10.1 Å². The fourth-order valence-electron chi connectivity index (χ4n) is 3.85. The number of nitrogens with two attached hydrogens (primary N) is 1. The van der Waals surface area contributed by atoms with Crippen LogP contribution in [0.2, 0.25) is 0 Å². The van der Waals surface area contributed by atoms with Gasteiger partial charge in [0, 0.05) is 23.4 Å². The third-order valence-electron chi connectivity index (χ3n) is 5.51. The number of anilines is 1. The fourth-order valence-corrected chi connectivity index (χ4v) is 4.99. The summed E-state index contributed by atoms with van der Waals surface area (Å²) in [4.78, 5) is 38.7. The normalized spacial score (nSPS) is 15.2. The number of thiazole rings is 1. The summed E-state index contributed by atoms with van der Waals surface area (Å²) in [5.74, 6) is -3.14. The first-order valence-corrected chi connectivity index (χ1v) is 11.3. The first kappa shape index (κ1) is 24.4. The van der Waals surface area contributed by atoms with E-state index in [1.54, 1.807) is 30.3 Å². The van der Waals surface area contributed by atoms with Crippen LogP contribution in [0.5, 0.6) is 5.75 Å². The van der Waals surface area contributed by atoms with E-state index in [4.69, 9.17) is 10.5 Å². The molecule has 0 saturated carbocycles. The van der Waals surface area contributed by atoms with Crippen molar-refractivity contribution in [2.24, 2.45) is 5.73 Å². The van der Waals surface area contributed by atoms with Gasteiger partial charge in [0.2, 0.25) is 0 Å². The Morgan fingerprint density at radius 2 is 1.97 bits per heavy atom. The van der Waals surface area contributed by atoms with E-state index in [9.17, 15) is 24.0 Å². The summed E-state index contributed by atoms with van der Waals surface area (Å²) in [6.07, 6.45) is 0.966. The molecule has 0 aliphatic carbocycles. The number of nitrogens with one attached hydrogen (secondary N) is 1. The van der Waals surface area contributed by atoms with Gasteiger partial charge < -0.3 is 20.5 Å². The lowest BCUT2D eigenvalue weighted by Crippen LogP contribution is -2.41. The average Bonchev–Trinajstić information content (AvgIpc) is 3.19. The average molecular weight is 507 g/mol. The summed E-state index contributed by atoms with van der Waals surface area (Å²) in [7, 11) is 2.63. The van der Waals surface area contributed by atoms with Crippen molar-refractivity contribution in [1.29, 1.82) is 5.26 Å². The number of nitrogens with zero attached hydrogens (tertiary/aromatic N) is 2. The molecule has 1 amide bonds. The van der Waals surface area contributed by atoms with Crippen LogP contribution in [0.25, 0.3) is 17.5 Å². The Bertz CT molecular complexity index is 1650. The molecule has 1 unspecified atom stereocenters. The molecule has 182 valence electrons. The van der Waals surface area contributed by atoms with Gasteiger partial charge in [0.1, 0.15) is 26.6 Å². The molecular weight excluding hydrogens is 487 g/mol. The summed E-state index contributed by atoms with van der Waals surface area (Å²) in [6.45, 7) is 0. The molecule has 36 heavy (non-hydrogen) atoms. The van der Waals surface area contributed by atoms with Crippen molar-refractivity contribution < 1.29 is 23.5 Å². The van der Waals surface area contributed by atoms with Crippen molar-refractivity contribution in [2.45, 2.75) is 5.92 Å². The van der Waals surface area contributed by atoms with Crippen molar-refractivity contribution in [1.82, 2.24) is 4.57 Å². The van der Waals surface area contributed by atoms with Crippen LogP contribution in [0.15, 0.2) is 58.9 Å². The molecule has 9 nitrogen and oxygen atoms in total. The summed E-state index contributed by atoms with van der Waals surface area (Å²) < 4.78 is 25.8. The maximum atomic E-state index is 15.0. The second kappa shape index (κ2) is 9.89. The number of methoxy groups -OCH3 is 2. The summed E-state index contributed by atoms with van der Waals surface area (Å²) >= 11 is 0.806. The van der Waals surface area contributed by atoms with Gasteiger partial charge in [-0.15, -0.1) is 11.3 Å². The number of fused-ring (bicyclic) bond motifs is 1. The molecular formula is C25H19FN4O5S. The first-order valence-electron chi connectivity index (χ1n) is 10.5. The third kappa shape index (κ3) is 4.25. The molecule has 2 aromatic carbocycles. The number of halogens is 1. The van der Waals surface area contributed by atoms with E-state index in [2.05, 4.69) is 10.1 Å². The minimum atomic E-state index is -1.22. The van der Waals surface area contributed by atoms with E-state index in [0.29, 0.717) is 11.4 Å². The number of allylic oxidation sites excluding steroid dienone is 1. The number of ether oxygens (including phenoxy) is 2. The number of amides is 1. The van der Waals surface area contributed by atoms with Gasteiger partial charge in [-0.1, -0.05) is 24.3 Å².